The molecule has 1 aliphatic rings. The van der Waals surface area contributed by atoms with Gasteiger partial charge in [-0.1, -0.05) is 29.4 Å². The molecule has 2 amide bonds. The summed E-state index contributed by atoms with van der Waals surface area (Å²) in [6.45, 7) is 0. The maximum absolute atomic E-state index is 12.0. The van der Waals surface area contributed by atoms with Crippen molar-refractivity contribution in [1.29, 1.82) is 0 Å². The van der Waals surface area contributed by atoms with Gasteiger partial charge >= 0.3 is 5.97 Å². The average molecular weight is 327 g/mol. The van der Waals surface area contributed by atoms with Gasteiger partial charge in [0.1, 0.15) is 0 Å². The molecule has 1 saturated heterocycles. The average Bonchev–Trinajstić information content (AvgIpc) is 2.78. The number of thioether (sulfide) groups is 1. The third-order valence-electron chi connectivity index (χ3n) is 2.53. The maximum Gasteiger partial charge on any atom is 0.331 e. The van der Waals surface area contributed by atoms with Crippen LogP contribution >= 0.6 is 23.4 Å². The van der Waals surface area contributed by atoms with Gasteiger partial charge in [-0.3, -0.25) is 9.59 Å². The third-order valence-corrected chi connectivity index (χ3v) is 3.79. The van der Waals surface area contributed by atoms with Gasteiger partial charge in [0.2, 0.25) is 0 Å². The van der Waals surface area contributed by atoms with Gasteiger partial charge in [0.15, 0.2) is 5.50 Å². The molecule has 1 aliphatic heterocycles. The van der Waals surface area contributed by atoms with Crippen molar-refractivity contribution in [3.05, 3.63) is 45.8 Å². The van der Waals surface area contributed by atoms with Gasteiger partial charge < -0.3 is 15.4 Å². The Morgan fingerprint density at radius 2 is 2.24 bits per heavy atom. The Morgan fingerprint density at radius 1 is 1.48 bits per heavy atom. The van der Waals surface area contributed by atoms with Crippen LogP contribution in [-0.4, -0.2) is 30.4 Å². The second-order valence-corrected chi connectivity index (χ2v) is 5.57. The summed E-state index contributed by atoms with van der Waals surface area (Å²) in [7, 11) is 1.22. The molecule has 1 aromatic carbocycles. The van der Waals surface area contributed by atoms with Crippen LogP contribution in [0.3, 0.4) is 0 Å². The Bertz CT molecular complexity index is 632. The van der Waals surface area contributed by atoms with Crippen LogP contribution < -0.4 is 10.6 Å². The smallest absolute Gasteiger partial charge is 0.331 e. The van der Waals surface area contributed by atoms with E-state index in [0.717, 1.165) is 17.8 Å². The second kappa shape index (κ2) is 6.64. The quantitative estimate of drug-likeness (QED) is 0.645. The molecule has 21 heavy (non-hydrogen) atoms. The van der Waals surface area contributed by atoms with Crippen molar-refractivity contribution in [2.45, 2.75) is 5.50 Å². The van der Waals surface area contributed by atoms with Gasteiger partial charge in [-0.05, 0) is 18.2 Å². The first-order chi connectivity index (χ1) is 9.99. The van der Waals surface area contributed by atoms with Gasteiger partial charge in [0.05, 0.1) is 12.0 Å². The molecule has 0 saturated carbocycles. The van der Waals surface area contributed by atoms with Gasteiger partial charge in [-0.25, -0.2) is 4.79 Å². The fourth-order valence-corrected chi connectivity index (χ4v) is 2.67. The van der Waals surface area contributed by atoms with E-state index < -0.39 is 17.4 Å². The van der Waals surface area contributed by atoms with Crippen molar-refractivity contribution in [2.75, 3.05) is 7.11 Å². The van der Waals surface area contributed by atoms with Gasteiger partial charge in [0, 0.05) is 16.7 Å². The highest BCUT2D eigenvalue weighted by atomic mass is 35.5. The molecule has 110 valence electrons. The summed E-state index contributed by atoms with van der Waals surface area (Å²) in [5.74, 6) is -1.45. The molecule has 0 spiro atoms. The molecule has 8 heteroatoms. The predicted octanol–water partition coefficient (Wildman–Crippen LogP) is 1.27. The van der Waals surface area contributed by atoms with Crippen LogP contribution in [0.2, 0.25) is 5.02 Å². The molecule has 0 radical (unpaired) electrons. The number of rotatable bonds is 3. The maximum atomic E-state index is 12.0. The molecule has 0 aliphatic carbocycles. The number of carbonyl (C=O) groups is 3. The lowest BCUT2D eigenvalue weighted by Gasteiger charge is -2.11. The topological polar surface area (TPSA) is 84.5 Å². The van der Waals surface area contributed by atoms with Crippen molar-refractivity contribution in [1.82, 2.24) is 10.6 Å². The summed E-state index contributed by atoms with van der Waals surface area (Å²) in [6, 6.07) is 6.43. The standard InChI is InChI=1S/C13H11ClN2O4S/c1-20-10(17)6-9-12(19)16-13(21-9)15-11(18)7-3-2-4-8(14)5-7/h2-6,13H,1H3,(H,15,18)(H,16,19)/b9-6+/t13-/m1/s1. The van der Waals surface area contributed by atoms with E-state index in [4.69, 9.17) is 11.6 Å². The van der Waals surface area contributed by atoms with E-state index in [1.54, 1.807) is 18.2 Å². The molecule has 0 unspecified atom stereocenters. The minimum absolute atomic E-state index is 0.179. The fourth-order valence-electron chi connectivity index (χ4n) is 1.56. The number of nitrogens with one attached hydrogen (secondary N) is 2. The monoisotopic (exact) mass is 326 g/mol. The predicted molar refractivity (Wildman–Crippen MR) is 78.5 cm³/mol. The lowest BCUT2D eigenvalue weighted by Crippen LogP contribution is -2.41. The number of esters is 1. The number of benzene rings is 1. The van der Waals surface area contributed by atoms with Crippen LogP contribution in [0.1, 0.15) is 10.4 Å². The molecule has 6 nitrogen and oxygen atoms in total. The molecule has 2 rings (SSSR count). The van der Waals surface area contributed by atoms with E-state index in [0.29, 0.717) is 10.6 Å². The Morgan fingerprint density at radius 3 is 2.90 bits per heavy atom. The van der Waals surface area contributed by atoms with Crippen LogP contribution in [0.15, 0.2) is 35.2 Å². The fraction of sp³-hybridized carbons (Fsp3) is 0.154. The van der Waals surface area contributed by atoms with E-state index in [-0.39, 0.29) is 10.8 Å². The number of ether oxygens (including phenoxy) is 1. The number of halogens is 1. The number of hydrogen-bond donors (Lipinski definition) is 2. The van der Waals surface area contributed by atoms with E-state index >= 15 is 0 Å². The number of hydrogen-bond acceptors (Lipinski definition) is 5. The molecule has 2 N–H and O–H groups in total. The molecule has 1 heterocycles. The molecule has 0 bridgehead atoms. The third kappa shape index (κ3) is 3.99. The summed E-state index contributed by atoms with van der Waals surface area (Å²) in [6.07, 6.45) is 1.07. The van der Waals surface area contributed by atoms with Crippen molar-refractivity contribution in [2.24, 2.45) is 0 Å². The number of methoxy groups -OCH3 is 1. The molecular weight excluding hydrogens is 316 g/mol. The summed E-state index contributed by atoms with van der Waals surface area (Å²) >= 11 is 6.83. The summed E-state index contributed by atoms with van der Waals surface area (Å²) in [4.78, 5) is 34.9. The first-order valence-electron chi connectivity index (χ1n) is 5.83. The number of carbonyl (C=O) groups excluding carboxylic acids is 3. The summed E-state index contributed by atoms with van der Waals surface area (Å²) in [5.41, 5.74) is -0.275. The van der Waals surface area contributed by atoms with Crippen molar-refractivity contribution < 1.29 is 19.1 Å². The minimum Gasteiger partial charge on any atom is -0.466 e. The minimum atomic E-state index is -0.653. The highest BCUT2D eigenvalue weighted by Gasteiger charge is 2.29. The van der Waals surface area contributed by atoms with E-state index in [1.165, 1.54) is 13.2 Å². The van der Waals surface area contributed by atoms with Crippen molar-refractivity contribution in [3.8, 4) is 0 Å². The summed E-state index contributed by atoms with van der Waals surface area (Å²) in [5, 5.41) is 5.59. The van der Waals surface area contributed by atoms with Gasteiger partial charge in [-0.15, -0.1) is 0 Å². The molecule has 1 fully saturated rings. The molecular formula is C13H11ClN2O4S. The zero-order valence-corrected chi connectivity index (χ0v) is 12.5. The molecule has 1 atom stereocenters. The van der Waals surface area contributed by atoms with Crippen LogP contribution in [0.5, 0.6) is 0 Å². The highest BCUT2D eigenvalue weighted by molar-refractivity contribution is 8.05. The normalized spacial score (nSPS) is 19.2. The van der Waals surface area contributed by atoms with Crippen molar-refractivity contribution >= 4 is 41.1 Å². The Labute approximate surface area is 129 Å². The van der Waals surface area contributed by atoms with E-state index in [9.17, 15) is 14.4 Å². The van der Waals surface area contributed by atoms with Crippen LogP contribution in [-0.2, 0) is 14.3 Å². The zero-order chi connectivity index (χ0) is 15.4. The van der Waals surface area contributed by atoms with Gasteiger partial charge in [-0.2, -0.15) is 0 Å². The Hall–Kier alpha value is -1.99. The van der Waals surface area contributed by atoms with Crippen LogP contribution in [0.4, 0.5) is 0 Å². The molecule has 0 aromatic heterocycles. The molecule has 1 aromatic rings. The largest absolute Gasteiger partial charge is 0.466 e. The van der Waals surface area contributed by atoms with Crippen LogP contribution in [0.25, 0.3) is 0 Å². The Balaban J connectivity index is 2.02. The first kappa shape index (κ1) is 15.4. The summed E-state index contributed by atoms with van der Waals surface area (Å²) < 4.78 is 4.45. The SMILES string of the molecule is COC(=O)/C=C1/S[C@H](NC(=O)c2cccc(Cl)c2)NC1=O. The van der Waals surface area contributed by atoms with Crippen molar-refractivity contribution in [3.63, 3.8) is 0 Å². The Kier molecular flexibility index (Phi) is 4.87. The highest BCUT2D eigenvalue weighted by Crippen LogP contribution is 2.26. The van der Waals surface area contributed by atoms with E-state index in [2.05, 4.69) is 15.4 Å². The lowest BCUT2D eigenvalue weighted by atomic mass is 10.2. The zero-order valence-electron chi connectivity index (χ0n) is 10.9. The first-order valence-corrected chi connectivity index (χ1v) is 7.09. The van der Waals surface area contributed by atoms with E-state index in [1.807, 2.05) is 0 Å². The van der Waals surface area contributed by atoms with Crippen LogP contribution in [0, 0.1) is 0 Å². The lowest BCUT2D eigenvalue weighted by molar-refractivity contribution is -0.135. The van der Waals surface area contributed by atoms with Gasteiger partial charge in [0.25, 0.3) is 11.8 Å². The number of amides is 2. The second-order valence-electron chi connectivity index (χ2n) is 3.99.